The van der Waals surface area contributed by atoms with Crippen molar-refractivity contribution in [3.05, 3.63) is 59.7 Å². The summed E-state index contributed by atoms with van der Waals surface area (Å²) in [5, 5.41) is 5.60. The van der Waals surface area contributed by atoms with Crippen molar-refractivity contribution >= 4 is 29.5 Å². The molecule has 0 radical (unpaired) electrons. The maximum atomic E-state index is 12.2. The number of hydrogen-bond acceptors (Lipinski definition) is 5. The molecular formula is C23H27N3O5. The van der Waals surface area contributed by atoms with E-state index in [9.17, 15) is 14.4 Å². The summed E-state index contributed by atoms with van der Waals surface area (Å²) < 4.78 is 10.5. The predicted octanol–water partition coefficient (Wildman–Crippen LogP) is 2.28. The molecule has 0 saturated heterocycles. The molecule has 0 aliphatic rings. The van der Waals surface area contributed by atoms with Gasteiger partial charge in [-0.1, -0.05) is 18.2 Å². The zero-order valence-electron chi connectivity index (χ0n) is 17.8. The molecule has 0 aliphatic carbocycles. The molecule has 0 atom stereocenters. The van der Waals surface area contributed by atoms with Crippen LogP contribution in [0.25, 0.3) is 6.08 Å². The Morgan fingerprint density at radius 1 is 1.06 bits per heavy atom. The highest BCUT2D eigenvalue weighted by Crippen LogP contribution is 2.28. The third-order valence-corrected chi connectivity index (χ3v) is 4.02. The Morgan fingerprint density at radius 3 is 2.39 bits per heavy atom. The van der Waals surface area contributed by atoms with Gasteiger partial charge in [0.2, 0.25) is 11.8 Å². The number of methoxy groups -OCH3 is 1. The second kappa shape index (κ2) is 11.4. The smallest absolute Gasteiger partial charge is 0.255 e. The second-order valence-electron chi connectivity index (χ2n) is 7.08. The number of rotatable bonds is 10. The minimum atomic E-state index is -0.588. The Kier molecular flexibility index (Phi) is 8.63. The van der Waals surface area contributed by atoms with Gasteiger partial charge in [-0.3, -0.25) is 14.4 Å². The van der Waals surface area contributed by atoms with E-state index in [-0.39, 0.29) is 30.9 Å². The number of carbonyl (C=O) groups excluding carboxylic acids is 3. The van der Waals surface area contributed by atoms with Crippen molar-refractivity contribution in [3.8, 4) is 11.5 Å². The Bertz CT molecular complexity index is 952. The highest BCUT2D eigenvalue weighted by atomic mass is 16.5. The molecule has 3 amide bonds. The molecule has 0 spiro atoms. The Labute approximate surface area is 181 Å². The van der Waals surface area contributed by atoms with Gasteiger partial charge < -0.3 is 25.8 Å². The number of carbonyl (C=O) groups is 3. The van der Waals surface area contributed by atoms with Crippen molar-refractivity contribution in [2.75, 3.05) is 19.0 Å². The molecule has 2 rings (SSSR count). The van der Waals surface area contributed by atoms with Crippen molar-refractivity contribution in [1.29, 1.82) is 0 Å². The quantitative estimate of drug-likeness (QED) is 0.505. The largest absolute Gasteiger partial charge is 0.493 e. The first-order valence-electron chi connectivity index (χ1n) is 9.73. The molecule has 0 bridgehead atoms. The van der Waals surface area contributed by atoms with Crippen molar-refractivity contribution in [2.24, 2.45) is 5.73 Å². The lowest BCUT2D eigenvalue weighted by molar-refractivity contribution is -0.121. The Hall–Kier alpha value is -3.81. The van der Waals surface area contributed by atoms with E-state index in [4.69, 9.17) is 15.2 Å². The average molecular weight is 425 g/mol. The first-order valence-corrected chi connectivity index (χ1v) is 9.73. The standard InChI is InChI=1S/C23H27N3O5/c1-15(2)25-23(29)13-17-4-8-18(9-5-17)26-22(28)11-7-16-6-10-19(20(12-16)30-3)31-14-21(24)27/h4-12,15H,13-14H2,1-3H3,(H2,24,27)(H,25,29)(H,26,28)/b11-7+. The van der Waals surface area contributed by atoms with Crippen molar-refractivity contribution in [2.45, 2.75) is 26.3 Å². The fourth-order valence-corrected chi connectivity index (χ4v) is 2.68. The summed E-state index contributed by atoms with van der Waals surface area (Å²) in [5.74, 6) is -0.143. The number of amides is 3. The van der Waals surface area contributed by atoms with Gasteiger partial charge in [0.1, 0.15) is 0 Å². The summed E-state index contributed by atoms with van der Waals surface area (Å²) in [4.78, 5) is 34.9. The third kappa shape index (κ3) is 8.22. The molecule has 164 valence electrons. The number of nitrogens with two attached hydrogens (primary N) is 1. The van der Waals surface area contributed by atoms with Gasteiger partial charge in [-0.25, -0.2) is 0 Å². The molecule has 4 N–H and O–H groups in total. The summed E-state index contributed by atoms with van der Waals surface area (Å²) in [6, 6.07) is 12.2. The molecule has 0 aromatic heterocycles. The van der Waals surface area contributed by atoms with E-state index in [1.165, 1.54) is 13.2 Å². The monoisotopic (exact) mass is 425 g/mol. The van der Waals surface area contributed by atoms with E-state index >= 15 is 0 Å². The molecule has 0 unspecified atom stereocenters. The minimum absolute atomic E-state index is 0.0452. The molecule has 8 heteroatoms. The molecule has 0 aliphatic heterocycles. The summed E-state index contributed by atoms with van der Waals surface area (Å²) >= 11 is 0. The van der Waals surface area contributed by atoms with Gasteiger partial charge in [-0.05, 0) is 55.3 Å². The van der Waals surface area contributed by atoms with Gasteiger partial charge in [0.05, 0.1) is 13.5 Å². The lowest BCUT2D eigenvalue weighted by atomic mass is 10.1. The molecule has 0 heterocycles. The van der Waals surface area contributed by atoms with E-state index < -0.39 is 5.91 Å². The molecule has 31 heavy (non-hydrogen) atoms. The second-order valence-corrected chi connectivity index (χ2v) is 7.08. The fourth-order valence-electron chi connectivity index (χ4n) is 2.68. The topological polar surface area (TPSA) is 120 Å². The van der Waals surface area contributed by atoms with Crippen LogP contribution in [0.3, 0.4) is 0 Å². The summed E-state index contributed by atoms with van der Waals surface area (Å²) in [6.07, 6.45) is 3.30. The SMILES string of the molecule is COc1cc(/C=C/C(=O)Nc2ccc(CC(=O)NC(C)C)cc2)ccc1OCC(N)=O. The van der Waals surface area contributed by atoms with Gasteiger partial charge in [0, 0.05) is 17.8 Å². The number of nitrogens with one attached hydrogen (secondary N) is 2. The maximum absolute atomic E-state index is 12.2. The lowest BCUT2D eigenvalue weighted by Gasteiger charge is -2.10. The van der Waals surface area contributed by atoms with Crippen LogP contribution in [-0.2, 0) is 20.8 Å². The molecular weight excluding hydrogens is 398 g/mol. The fraction of sp³-hybridized carbons (Fsp3) is 0.261. The predicted molar refractivity (Wildman–Crippen MR) is 119 cm³/mol. The van der Waals surface area contributed by atoms with Crippen LogP contribution in [0.15, 0.2) is 48.5 Å². The molecule has 2 aromatic carbocycles. The molecule has 0 fully saturated rings. The van der Waals surface area contributed by atoms with E-state index in [0.29, 0.717) is 22.7 Å². The normalized spacial score (nSPS) is 10.7. The minimum Gasteiger partial charge on any atom is -0.493 e. The van der Waals surface area contributed by atoms with Crippen LogP contribution in [0.4, 0.5) is 5.69 Å². The van der Waals surface area contributed by atoms with Gasteiger partial charge in [-0.15, -0.1) is 0 Å². The van der Waals surface area contributed by atoms with Crippen LogP contribution >= 0.6 is 0 Å². The van der Waals surface area contributed by atoms with Crippen LogP contribution in [0.1, 0.15) is 25.0 Å². The Morgan fingerprint density at radius 2 is 1.77 bits per heavy atom. The van der Waals surface area contributed by atoms with Crippen LogP contribution < -0.4 is 25.8 Å². The maximum Gasteiger partial charge on any atom is 0.255 e. The molecule has 8 nitrogen and oxygen atoms in total. The van der Waals surface area contributed by atoms with E-state index in [2.05, 4.69) is 10.6 Å². The molecule has 2 aromatic rings. The number of ether oxygens (including phenoxy) is 2. The average Bonchev–Trinajstić information content (AvgIpc) is 2.71. The zero-order valence-corrected chi connectivity index (χ0v) is 17.8. The number of anilines is 1. The first-order chi connectivity index (χ1) is 14.8. The highest BCUT2D eigenvalue weighted by molar-refractivity contribution is 6.02. The van der Waals surface area contributed by atoms with Crippen LogP contribution in [-0.4, -0.2) is 37.5 Å². The first kappa shape index (κ1) is 23.5. The van der Waals surface area contributed by atoms with Crippen LogP contribution in [0.2, 0.25) is 0 Å². The zero-order chi connectivity index (χ0) is 22.8. The highest BCUT2D eigenvalue weighted by Gasteiger charge is 2.07. The van der Waals surface area contributed by atoms with Gasteiger partial charge in [0.25, 0.3) is 5.91 Å². The number of primary amides is 1. The van der Waals surface area contributed by atoms with Gasteiger partial charge in [0.15, 0.2) is 18.1 Å². The van der Waals surface area contributed by atoms with Crippen molar-refractivity contribution in [3.63, 3.8) is 0 Å². The van der Waals surface area contributed by atoms with Gasteiger partial charge in [-0.2, -0.15) is 0 Å². The summed E-state index contributed by atoms with van der Waals surface area (Å²) in [5.41, 5.74) is 7.27. The van der Waals surface area contributed by atoms with E-state index in [0.717, 1.165) is 5.56 Å². The third-order valence-electron chi connectivity index (χ3n) is 4.02. The van der Waals surface area contributed by atoms with Gasteiger partial charge >= 0.3 is 0 Å². The lowest BCUT2D eigenvalue weighted by Crippen LogP contribution is -2.31. The number of hydrogen-bond donors (Lipinski definition) is 3. The number of benzene rings is 2. The van der Waals surface area contributed by atoms with E-state index in [1.54, 1.807) is 48.5 Å². The summed E-state index contributed by atoms with van der Waals surface area (Å²) in [6.45, 7) is 3.56. The summed E-state index contributed by atoms with van der Waals surface area (Å²) in [7, 11) is 1.47. The molecule has 0 saturated carbocycles. The van der Waals surface area contributed by atoms with Crippen LogP contribution in [0.5, 0.6) is 11.5 Å². The van der Waals surface area contributed by atoms with E-state index in [1.807, 2.05) is 13.8 Å². The van der Waals surface area contributed by atoms with Crippen LogP contribution in [0, 0.1) is 0 Å². The van der Waals surface area contributed by atoms with Crippen molar-refractivity contribution < 1.29 is 23.9 Å². The Balaban J connectivity index is 1.94. The van der Waals surface area contributed by atoms with Crippen molar-refractivity contribution in [1.82, 2.24) is 5.32 Å².